The SMILES string of the molecule is C#C/C=C(/C)N(CC)c1ccc(Cl)cc1. The number of allylic oxidation sites excluding steroid dienone is 2. The van der Waals surface area contributed by atoms with Gasteiger partial charge in [-0.2, -0.15) is 0 Å². The van der Waals surface area contributed by atoms with Gasteiger partial charge in [-0.25, -0.2) is 0 Å². The summed E-state index contributed by atoms with van der Waals surface area (Å²) >= 11 is 5.83. The number of rotatable bonds is 3. The highest BCUT2D eigenvalue weighted by atomic mass is 35.5. The summed E-state index contributed by atoms with van der Waals surface area (Å²) < 4.78 is 0. The van der Waals surface area contributed by atoms with Gasteiger partial charge in [-0.3, -0.25) is 0 Å². The number of hydrogen-bond donors (Lipinski definition) is 0. The van der Waals surface area contributed by atoms with E-state index in [4.69, 9.17) is 18.0 Å². The summed E-state index contributed by atoms with van der Waals surface area (Å²) in [4.78, 5) is 2.14. The van der Waals surface area contributed by atoms with Gasteiger partial charge in [-0.15, -0.1) is 6.42 Å². The molecule has 0 bridgehead atoms. The Balaban J connectivity index is 2.98. The third-order valence-electron chi connectivity index (χ3n) is 2.17. The molecule has 2 heteroatoms. The molecule has 15 heavy (non-hydrogen) atoms. The summed E-state index contributed by atoms with van der Waals surface area (Å²) in [6.45, 7) is 4.96. The predicted octanol–water partition coefficient (Wildman–Crippen LogP) is 3.70. The first-order valence-electron chi connectivity index (χ1n) is 4.85. The summed E-state index contributed by atoms with van der Waals surface area (Å²) in [5, 5.41) is 0.744. The van der Waals surface area contributed by atoms with Gasteiger partial charge in [-0.1, -0.05) is 17.5 Å². The van der Waals surface area contributed by atoms with E-state index in [1.807, 2.05) is 31.2 Å². The highest BCUT2D eigenvalue weighted by Gasteiger charge is 2.04. The van der Waals surface area contributed by atoms with Crippen molar-refractivity contribution < 1.29 is 0 Å². The number of nitrogens with zero attached hydrogens (tertiary/aromatic N) is 1. The lowest BCUT2D eigenvalue weighted by Crippen LogP contribution is -2.19. The van der Waals surface area contributed by atoms with Gasteiger partial charge < -0.3 is 4.90 Å². The Morgan fingerprint density at radius 2 is 2.07 bits per heavy atom. The van der Waals surface area contributed by atoms with Gasteiger partial charge in [0.25, 0.3) is 0 Å². The maximum Gasteiger partial charge on any atom is 0.0409 e. The molecular formula is C13H14ClN. The Kier molecular flexibility index (Phi) is 4.27. The van der Waals surface area contributed by atoms with Crippen molar-refractivity contribution in [2.45, 2.75) is 13.8 Å². The van der Waals surface area contributed by atoms with Crippen molar-refractivity contribution >= 4 is 17.3 Å². The van der Waals surface area contributed by atoms with E-state index < -0.39 is 0 Å². The van der Waals surface area contributed by atoms with Crippen molar-refractivity contribution in [3.05, 3.63) is 41.1 Å². The number of halogens is 1. The molecule has 0 atom stereocenters. The summed E-state index contributed by atoms with van der Waals surface area (Å²) in [7, 11) is 0. The van der Waals surface area contributed by atoms with E-state index in [2.05, 4.69) is 17.7 Å². The van der Waals surface area contributed by atoms with Crippen molar-refractivity contribution in [3.8, 4) is 12.3 Å². The fourth-order valence-electron chi connectivity index (χ4n) is 1.46. The van der Waals surface area contributed by atoms with E-state index in [0.717, 1.165) is 23.0 Å². The molecule has 0 N–H and O–H groups in total. The third kappa shape index (κ3) is 3.04. The molecular weight excluding hydrogens is 206 g/mol. The minimum Gasteiger partial charge on any atom is -0.345 e. The number of benzene rings is 1. The molecule has 0 fully saturated rings. The van der Waals surface area contributed by atoms with Gasteiger partial charge in [0, 0.05) is 29.0 Å². The van der Waals surface area contributed by atoms with Crippen molar-refractivity contribution in [1.29, 1.82) is 0 Å². The molecule has 1 aromatic rings. The molecule has 1 rings (SSSR count). The second kappa shape index (κ2) is 5.48. The number of anilines is 1. The smallest absolute Gasteiger partial charge is 0.0409 e. The average Bonchev–Trinajstić information content (AvgIpc) is 2.22. The Bertz CT molecular complexity index is 384. The standard InChI is InChI=1S/C13H14ClN/c1-4-6-11(3)15(5-2)13-9-7-12(14)8-10-13/h1,6-10H,5H2,2-3H3/b11-6-. The zero-order valence-corrected chi connectivity index (χ0v) is 9.75. The van der Waals surface area contributed by atoms with E-state index in [1.165, 1.54) is 0 Å². The lowest BCUT2D eigenvalue weighted by molar-refractivity contribution is 0.954. The molecule has 0 saturated heterocycles. The van der Waals surface area contributed by atoms with Gasteiger partial charge in [-0.05, 0) is 38.1 Å². The normalized spacial score (nSPS) is 10.9. The number of terminal acetylenes is 1. The van der Waals surface area contributed by atoms with Crippen LogP contribution in [0, 0.1) is 12.3 Å². The van der Waals surface area contributed by atoms with E-state index in [-0.39, 0.29) is 0 Å². The zero-order chi connectivity index (χ0) is 11.3. The second-order valence-electron chi connectivity index (χ2n) is 3.17. The summed E-state index contributed by atoms with van der Waals surface area (Å²) in [6, 6.07) is 7.73. The maximum atomic E-state index is 5.83. The lowest BCUT2D eigenvalue weighted by atomic mass is 10.2. The molecule has 1 nitrogen and oxygen atoms in total. The molecule has 0 spiro atoms. The minimum atomic E-state index is 0.744. The highest BCUT2D eigenvalue weighted by Crippen LogP contribution is 2.21. The molecule has 0 amide bonds. The summed E-state index contributed by atoms with van der Waals surface area (Å²) in [6.07, 6.45) is 7.01. The molecule has 0 aliphatic rings. The highest BCUT2D eigenvalue weighted by molar-refractivity contribution is 6.30. The van der Waals surface area contributed by atoms with Crippen molar-refractivity contribution in [2.75, 3.05) is 11.4 Å². The first-order chi connectivity index (χ1) is 7.19. The molecule has 78 valence electrons. The van der Waals surface area contributed by atoms with Crippen LogP contribution in [-0.4, -0.2) is 6.54 Å². The van der Waals surface area contributed by atoms with E-state index in [9.17, 15) is 0 Å². The van der Waals surface area contributed by atoms with E-state index in [0.29, 0.717) is 0 Å². The predicted molar refractivity (Wildman–Crippen MR) is 67.1 cm³/mol. The van der Waals surface area contributed by atoms with Crippen LogP contribution in [0.5, 0.6) is 0 Å². The van der Waals surface area contributed by atoms with Crippen molar-refractivity contribution in [2.24, 2.45) is 0 Å². The lowest BCUT2D eigenvalue weighted by Gasteiger charge is -2.23. The first kappa shape index (κ1) is 11.7. The van der Waals surface area contributed by atoms with Crippen molar-refractivity contribution in [3.63, 3.8) is 0 Å². The van der Waals surface area contributed by atoms with Crippen LogP contribution in [0.1, 0.15) is 13.8 Å². The van der Waals surface area contributed by atoms with E-state index >= 15 is 0 Å². The van der Waals surface area contributed by atoms with Gasteiger partial charge in [0.05, 0.1) is 0 Å². The van der Waals surface area contributed by atoms with Crippen LogP contribution < -0.4 is 4.90 Å². The van der Waals surface area contributed by atoms with Gasteiger partial charge in [0.2, 0.25) is 0 Å². The monoisotopic (exact) mass is 219 g/mol. The maximum absolute atomic E-state index is 5.83. The van der Waals surface area contributed by atoms with Crippen LogP contribution >= 0.6 is 11.6 Å². The van der Waals surface area contributed by atoms with Gasteiger partial charge in [0.1, 0.15) is 0 Å². The molecule has 0 radical (unpaired) electrons. The fourth-order valence-corrected chi connectivity index (χ4v) is 1.58. The minimum absolute atomic E-state index is 0.744. The van der Waals surface area contributed by atoms with Crippen LogP contribution in [0.25, 0.3) is 0 Å². The van der Waals surface area contributed by atoms with Crippen LogP contribution in [0.2, 0.25) is 5.02 Å². The summed E-state index contributed by atoms with van der Waals surface area (Å²) in [5.74, 6) is 2.53. The Labute approximate surface area is 96.4 Å². The third-order valence-corrected chi connectivity index (χ3v) is 2.42. The topological polar surface area (TPSA) is 3.24 Å². The Hall–Kier alpha value is -1.39. The Morgan fingerprint density at radius 1 is 1.47 bits per heavy atom. The fraction of sp³-hybridized carbons (Fsp3) is 0.231. The molecule has 0 aliphatic carbocycles. The quantitative estimate of drug-likeness (QED) is 0.701. The molecule has 0 aliphatic heterocycles. The molecule has 1 aromatic carbocycles. The molecule has 0 heterocycles. The second-order valence-corrected chi connectivity index (χ2v) is 3.61. The Morgan fingerprint density at radius 3 is 2.53 bits per heavy atom. The summed E-state index contributed by atoms with van der Waals surface area (Å²) in [5.41, 5.74) is 2.16. The zero-order valence-electron chi connectivity index (χ0n) is 9.00. The van der Waals surface area contributed by atoms with Crippen LogP contribution in [0.4, 0.5) is 5.69 Å². The largest absolute Gasteiger partial charge is 0.345 e. The average molecular weight is 220 g/mol. The van der Waals surface area contributed by atoms with Crippen LogP contribution in [0.15, 0.2) is 36.0 Å². The molecule has 0 saturated carbocycles. The van der Waals surface area contributed by atoms with Crippen LogP contribution in [0.3, 0.4) is 0 Å². The van der Waals surface area contributed by atoms with Crippen LogP contribution in [-0.2, 0) is 0 Å². The van der Waals surface area contributed by atoms with Gasteiger partial charge in [0.15, 0.2) is 0 Å². The number of hydrogen-bond acceptors (Lipinski definition) is 1. The molecule has 0 aromatic heterocycles. The van der Waals surface area contributed by atoms with E-state index in [1.54, 1.807) is 6.08 Å². The van der Waals surface area contributed by atoms with Gasteiger partial charge >= 0.3 is 0 Å². The van der Waals surface area contributed by atoms with Crippen molar-refractivity contribution in [1.82, 2.24) is 0 Å². The first-order valence-corrected chi connectivity index (χ1v) is 5.22. The molecule has 0 unspecified atom stereocenters.